The van der Waals surface area contributed by atoms with Crippen LogP contribution in [0.15, 0.2) is 16.9 Å². The first-order valence-corrected chi connectivity index (χ1v) is 7.39. The van der Waals surface area contributed by atoms with Crippen molar-refractivity contribution in [2.24, 2.45) is 0 Å². The maximum Gasteiger partial charge on any atom is 0.260 e. The van der Waals surface area contributed by atoms with E-state index in [9.17, 15) is 9.90 Å². The molecule has 0 aromatic carbocycles. The minimum absolute atomic E-state index is 0.0762. The molecular formula is C13H16ClN5O3. The fourth-order valence-corrected chi connectivity index (χ4v) is 2.59. The van der Waals surface area contributed by atoms with Crippen molar-refractivity contribution in [3.63, 3.8) is 0 Å². The van der Waals surface area contributed by atoms with E-state index in [1.54, 1.807) is 11.1 Å². The monoisotopic (exact) mass is 325 g/mol. The third-order valence-electron chi connectivity index (χ3n) is 3.68. The normalized spacial score (nSPS) is 21.5. The molecule has 1 amide bonds. The molecular weight excluding hydrogens is 310 g/mol. The van der Waals surface area contributed by atoms with E-state index in [-0.39, 0.29) is 24.9 Å². The number of aryl methyl sites for hydroxylation is 1. The Morgan fingerprint density at radius 2 is 2.41 bits per heavy atom. The topological polar surface area (TPSA) is 97.3 Å². The molecule has 1 aliphatic heterocycles. The number of likely N-dealkylation sites (tertiary alicyclic amines) is 1. The summed E-state index contributed by atoms with van der Waals surface area (Å²) in [5.74, 6) is 0.562. The number of halogens is 1. The van der Waals surface area contributed by atoms with Crippen molar-refractivity contribution < 1.29 is 14.4 Å². The Morgan fingerprint density at radius 3 is 3.05 bits per heavy atom. The standard InChI is InChI=1S/C13H16ClN5O3/c1-2-10-16-12(22-17-10)13(21)3-4-18(8-13)11(20)7-19-6-9(14)5-15-19/h5-6,21H,2-4,7-8H2,1H3. The zero-order chi connectivity index (χ0) is 15.7. The lowest BCUT2D eigenvalue weighted by Crippen LogP contribution is -2.36. The average Bonchev–Trinajstić information content (AvgIpc) is 3.19. The molecule has 1 aliphatic rings. The van der Waals surface area contributed by atoms with Crippen LogP contribution in [0.1, 0.15) is 25.1 Å². The Labute approximate surface area is 131 Å². The quantitative estimate of drug-likeness (QED) is 0.884. The van der Waals surface area contributed by atoms with Gasteiger partial charge in [0.1, 0.15) is 6.54 Å². The van der Waals surface area contributed by atoms with Crippen LogP contribution in [0.25, 0.3) is 0 Å². The molecule has 3 rings (SSSR count). The van der Waals surface area contributed by atoms with Gasteiger partial charge in [-0.2, -0.15) is 10.1 Å². The molecule has 0 saturated carbocycles. The first-order valence-electron chi connectivity index (χ1n) is 7.01. The number of amides is 1. The first kappa shape index (κ1) is 15.0. The predicted molar refractivity (Wildman–Crippen MR) is 76.0 cm³/mol. The number of hydrogen-bond acceptors (Lipinski definition) is 6. The number of carbonyl (C=O) groups excluding carboxylic acids is 1. The Morgan fingerprint density at radius 1 is 1.59 bits per heavy atom. The second-order valence-corrected chi connectivity index (χ2v) is 5.76. The molecule has 1 unspecified atom stereocenters. The number of aliphatic hydroxyl groups is 1. The van der Waals surface area contributed by atoms with Crippen LogP contribution >= 0.6 is 11.6 Å². The molecule has 1 saturated heterocycles. The van der Waals surface area contributed by atoms with Gasteiger partial charge in [-0.15, -0.1) is 0 Å². The van der Waals surface area contributed by atoms with E-state index in [0.717, 1.165) is 0 Å². The number of hydrogen-bond donors (Lipinski definition) is 1. The van der Waals surface area contributed by atoms with Crippen LogP contribution in [-0.4, -0.2) is 48.9 Å². The molecule has 1 N–H and O–H groups in total. The largest absolute Gasteiger partial charge is 0.378 e. The minimum atomic E-state index is -1.28. The van der Waals surface area contributed by atoms with Gasteiger partial charge in [0.25, 0.3) is 5.89 Å². The Kier molecular flexibility index (Phi) is 3.88. The molecule has 0 aliphatic carbocycles. The van der Waals surface area contributed by atoms with E-state index in [0.29, 0.717) is 30.2 Å². The Bertz CT molecular complexity index is 685. The lowest BCUT2D eigenvalue weighted by molar-refractivity contribution is -0.132. The zero-order valence-electron chi connectivity index (χ0n) is 12.1. The van der Waals surface area contributed by atoms with Crippen LogP contribution in [0.5, 0.6) is 0 Å². The van der Waals surface area contributed by atoms with Crippen LogP contribution < -0.4 is 0 Å². The van der Waals surface area contributed by atoms with Crippen LogP contribution in [0.4, 0.5) is 0 Å². The van der Waals surface area contributed by atoms with Gasteiger partial charge in [-0.05, 0) is 0 Å². The fraction of sp³-hybridized carbons (Fsp3) is 0.538. The molecule has 9 heteroatoms. The SMILES string of the molecule is CCc1noc(C2(O)CCN(C(=O)Cn3cc(Cl)cn3)C2)n1. The van der Waals surface area contributed by atoms with Gasteiger partial charge in [-0.25, -0.2) is 0 Å². The third kappa shape index (κ3) is 2.84. The summed E-state index contributed by atoms with van der Waals surface area (Å²) in [6, 6.07) is 0. The second kappa shape index (κ2) is 5.69. The fourth-order valence-electron chi connectivity index (χ4n) is 2.43. The molecule has 22 heavy (non-hydrogen) atoms. The predicted octanol–water partition coefficient (Wildman–Crippen LogP) is 0.602. The highest BCUT2D eigenvalue weighted by atomic mass is 35.5. The van der Waals surface area contributed by atoms with Crippen LogP contribution in [0.2, 0.25) is 5.02 Å². The van der Waals surface area contributed by atoms with Crippen molar-refractivity contribution in [1.82, 2.24) is 24.8 Å². The van der Waals surface area contributed by atoms with Gasteiger partial charge in [0.15, 0.2) is 11.4 Å². The van der Waals surface area contributed by atoms with E-state index >= 15 is 0 Å². The number of rotatable bonds is 4. The third-order valence-corrected chi connectivity index (χ3v) is 3.88. The number of β-amino-alcohol motifs (C(OH)–C–C–N with tert-alkyl or cyclic N) is 1. The van der Waals surface area contributed by atoms with E-state index in [1.165, 1.54) is 10.9 Å². The molecule has 0 spiro atoms. The molecule has 1 atom stereocenters. The van der Waals surface area contributed by atoms with Crippen LogP contribution in [0, 0.1) is 0 Å². The van der Waals surface area contributed by atoms with Crippen molar-refractivity contribution >= 4 is 17.5 Å². The van der Waals surface area contributed by atoms with Crippen LogP contribution in [0.3, 0.4) is 0 Å². The van der Waals surface area contributed by atoms with Crippen LogP contribution in [-0.2, 0) is 23.4 Å². The summed E-state index contributed by atoms with van der Waals surface area (Å²) in [7, 11) is 0. The van der Waals surface area contributed by atoms with Crippen molar-refractivity contribution in [1.29, 1.82) is 0 Å². The van der Waals surface area contributed by atoms with Crippen molar-refractivity contribution in [2.45, 2.75) is 31.9 Å². The molecule has 2 aromatic heterocycles. The van der Waals surface area contributed by atoms with Gasteiger partial charge >= 0.3 is 0 Å². The van der Waals surface area contributed by atoms with Gasteiger partial charge in [0, 0.05) is 25.6 Å². The average molecular weight is 326 g/mol. The van der Waals surface area contributed by atoms with Gasteiger partial charge in [-0.3, -0.25) is 9.48 Å². The van der Waals surface area contributed by atoms with Gasteiger partial charge in [0.2, 0.25) is 5.91 Å². The summed E-state index contributed by atoms with van der Waals surface area (Å²) >= 11 is 5.77. The van der Waals surface area contributed by atoms with Gasteiger partial charge < -0.3 is 14.5 Å². The Hall–Kier alpha value is -1.93. The summed E-state index contributed by atoms with van der Waals surface area (Å²) in [4.78, 5) is 18.0. The Balaban J connectivity index is 1.67. The number of carbonyl (C=O) groups is 1. The lowest BCUT2D eigenvalue weighted by Gasteiger charge is -2.19. The second-order valence-electron chi connectivity index (χ2n) is 5.32. The van der Waals surface area contributed by atoms with Gasteiger partial charge in [0.05, 0.1) is 17.8 Å². The van der Waals surface area contributed by atoms with E-state index in [4.69, 9.17) is 16.1 Å². The lowest BCUT2D eigenvalue weighted by atomic mass is 10.0. The maximum atomic E-state index is 12.2. The summed E-state index contributed by atoms with van der Waals surface area (Å²) in [5.41, 5.74) is -1.28. The molecule has 2 aromatic rings. The van der Waals surface area contributed by atoms with Crippen molar-refractivity contribution in [3.05, 3.63) is 29.1 Å². The summed E-state index contributed by atoms with van der Waals surface area (Å²) in [5, 5.41) is 18.9. The molecule has 3 heterocycles. The highest BCUT2D eigenvalue weighted by Gasteiger charge is 2.44. The number of aromatic nitrogens is 4. The number of nitrogens with zero attached hydrogens (tertiary/aromatic N) is 5. The molecule has 0 bridgehead atoms. The smallest absolute Gasteiger partial charge is 0.260 e. The summed E-state index contributed by atoms with van der Waals surface area (Å²) in [6.45, 7) is 2.53. The van der Waals surface area contributed by atoms with Gasteiger partial charge in [-0.1, -0.05) is 23.7 Å². The summed E-state index contributed by atoms with van der Waals surface area (Å²) in [6.07, 6.45) is 4.04. The minimum Gasteiger partial charge on any atom is -0.378 e. The maximum absolute atomic E-state index is 12.2. The summed E-state index contributed by atoms with van der Waals surface area (Å²) < 4.78 is 6.57. The molecule has 1 fully saturated rings. The van der Waals surface area contributed by atoms with Crippen molar-refractivity contribution in [2.75, 3.05) is 13.1 Å². The van der Waals surface area contributed by atoms with Crippen molar-refractivity contribution in [3.8, 4) is 0 Å². The highest BCUT2D eigenvalue weighted by Crippen LogP contribution is 2.31. The first-order chi connectivity index (χ1) is 10.5. The van der Waals surface area contributed by atoms with E-state index in [1.807, 2.05) is 6.92 Å². The molecule has 0 radical (unpaired) electrons. The van der Waals surface area contributed by atoms with E-state index in [2.05, 4.69) is 15.2 Å². The molecule has 118 valence electrons. The highest BCUT2D eigenvalue weighted by molar-refractivity contribution is 6.30. The zero-order valence-corrected chi connectivity index (χ0v) is 12.8. The van der Waals surface area contributed by atoms with E-state index < -0.39 is 5.60 Å². The molecule has 8 nitrogen and oxygen atoms in total.